The van der Waals surface area contributed by atoms with Gasteiger partial charge in [0, 0.05) is 19.3 Å². The monoisotopic (exact) mass is 415 g/mol. The largest absolute Gasteiger partial charge is 0.363 e. The molecule has 0 bridgehead atoms. The second-order valence-electron chi connectivity index (χ2n) is 8.06. The van der Waals surface area contributed by atoms with E-state index in [2.05, 4.69) is 43.2 Å². The van der Waals surface area contributed by atoms with Crippen LogP contribution in [0.3, 0.4) is 0 Å². The molecule has 1 atom stereocenters. The van der Waals surface area contributed by atoms with Crippen molar-refractivity contribution in [1.29, 1.82) is 0 Å². The van der Waals surface area contributed by atoms with E-state index >= 15 is 0 Å². The molecule has 1 N–H and O–H groups in total. The predicted octanol–water partition coefficient (Wildman–Crippen LogP) is 3.46. The van der Waals surface area contributed by atoms with E-state index in [9.17, 15) is 13.2 Å². The summed E-state index contributed by atoms with van der Waals surface area (Å²) in [5.41, 5.74) is 2.96. The number of benzene rings is 1. The Balaban J connectivity index is 1.71. The van der Waals surface area contributed by atoms with Crippen molar-refractivity contribution in [3.63, 3.8) is 0 Å². The van der Waals surface area contributed by atoms with Crippen molar-refractivity contribution in [3.05, 3.63) is 59.3 Å². The van der Waals surface area contributed by atoms with Gasteiger partial charge in [-0.25, -0.2) is 13.4 Å². The third-order valence-electron chi connectivity index (χ3n) is 5.24. The fraction of sp³-hybridized carbons (Fsp3) is 0.455. The topological polar surface area (TPSA) is 79.4 Å². The molecule has 0 saturated carbocycles. The normalized spacial score (nSPS) is 17.2. The molecule has 0 aliphatic carbocycles. The number of aromatic nitrogens is 1. The first-order valence-corrected chi connectivity index (χ1v) is 11.8. The van der Waals surface area contributed by atoms with E-state index in [1.54, 1.807) is 17.2 Å². The quantitative estimate of drug-likeness (QED) is 0.782. The standard InChI is InChI=1S/C22H29N3O3S/c1-16(2)14-20(19-7-5-4-6-17(19)3)24-21-9-8-18(15-23-21)22(26)25-10-12-29(27,28)13-11-25/h4-9,15-16,20H,10-14H2,1-3H3,(H,23,24). The molecule has 1 amide bonds. The molecular formula is C22H29N3O3S. The summed E-state index contributed by atoms with van der Waals surface area (Å²) in [6, 6.07) is 12.0. The molecule has 1 aliphatic rings. The summed E-state index contributed by atoms with van der Waals surface area (Å²) in [6.45, 7) is 6.98. The molecular weight excluding hydrogens is 386 g/mol. The van der Waals surface area contributed by atoms with Crippen molar-refractivity contribution in [1.82, 2.24) is 9.88 Å². The lowest BCUT2D eigenvalue weighted by atomic mass is 9.94. The Morgan fingerprint density at radius 3 is 2.41 bits per heavy atom. The second-order valence-corrected chi connectivity index (χ2v) is 10.4. The van der Waals surface area contributed by atoms with Gasteiger partial charge >= 0.3 is 0 Å². The summed E-state index contributed by atoms with van der Waals surface area (Å²) in [7, 11) is -3.01. The van der Waals surface area contributed by atoms with Crippen molar-refractivity contribution in [2.75, 3.05) is 29.9 Å². The zero-order valence-corrected chi connectivity index (χ0v) is 18.1. The zero-order valence-electron chi connectivity index (χ0n) is 17.3. The number of anilines is 1. The third-order valence-corrected chi connectivity index (χ3v) is 6.84. The number of aryl methyl sites for hydroxylation is 1. The van der Waals surface area contributed by atoms with E-state index < -0.39 is 9.84 Å². The van der Waals surface area contributed by atoms with Crippen molar-refractivity contribution in [2.45, 2.75) is 33.2 Å². The van der Waals surface area contributed by atoms with Gasteiger partial charge in [-0.15, -0.1) is 0 Å². The number of hydrogen-bond donors (Lipinski definition) is 1. The zero-order chi connectivity index (χ0) is 21.0. The number of pyridine rings is 1. The Hall–Kier alpha value is -2.41. The molecule has 0 spiro atoms. The van der Waals surface area contributed by atoms with Crippen LogP contribution in [0.4, 0.5) is 5.82 Å². The minimum atomic E-state index is -3.01. The highest BCUT2D eigenvalue weighted by molar-refractivity contribution is 7.91. The molecule has 7 heteroatoms. The predicted molar refractivity (Wildman–Crippen MR) is 116 cm³/mol. The minimum Gasteiger partial charge on any atom is -0.363 e. The van der Waals surface area contributed by atoms with Crippen LogP contribution in [0.15, 0.2) is 42.6 Å². The number of nitrogens with one attached hydrogen (secondary N) is 1. The number of sulfone groups is 1. The highest BCUT2D eigenvalue weighted by Crippen LogP contribution is 2.27. The van der Waals surface area contributed by atoms with Crippen LogP contribution in [-0.4, -0.2) is 48.8 Å². The van der Waals surface area contributed by atoms with Gasteiger partial charge < -0.3 is 10.2 Å². The lowest BCUT2D eigenvalue weighted by Gasteiger charge is -2.27. The van der Waals surface area contributed by atoms with Crippen LogP contribution in [0, 0.1) is 12.8 Å². The molecule has 1 fully saturated rings. The van der Waals surface area contributed by atoms with Crippen LogP contribution < -0.4 is 5.32 Å². The van der Waals surface area contributed by atoms with E-state index in [0.717, 1.165) is 12.2 Å². The fourth-order valence-electron chi connectivity index (χ4n) is 3.60. The van der Waals surface area contributed by atoms with E-state index in [0.29, 0.717) is 11.5 Å². The van der Waals surface area contributed by atoms with Gasteiger partial charge in [-0.05, 0) is 42.5 Å². The summed E-state index contributed by atoms with van der Waals surface area (Å²) in [5.74, 6) is 1.12. The van der Waals surface area contributed by atoms with E-state index in [-0.39, 0.29) is 36.5 Å². The molecule has 29 heavy (non-hydrogen) atoms. The highest BCUT2D eigenvalue weighted by atomic mass is 32.2. The molecule has 6 nitrogen and oxygen atoms in total. The maximum absolute atomic E-state index is 12.6. The SMILES string of the molecule is Cc1ccccc1C(CC(C)C)Nc1ccc(C(=O)N2CCS(=O)(=O)CC2)cn1. The Morgan fingerprint density at radius 1 is 1.14 bits per heavy atom. The Morgan fingerprint density at radius 2 is 1.83 bits per heavy atom. The van der Waals surface area contributed by atoms with Crippen LogP contribution in [0.5, 0.6) is 0 Å². The van der Waals surface area contributed by atoms with E-state index in [4.69, 9.17) is 0 Å². The number of rotatable bonds is 6. The van der Waals surface area contributed by atoms with Crippen LogP contribution in [0.2, 0.25) is 0 Å². The molecule has 156 valence electrons. The molecule has 1 unspecified atom stereocenters. The summed E-state index contributed by atoms with van der Waals surface area (Å²) < 4.78 is 23.1. The van der Waals surface area contributed by atoms with Crippen LogP contribution in [0.1, 0.15) is 47.8 Å². The van der Waals surface area contributed by atoms with Crippen LogP contribution in [0.25, 0.3) is 0 Å². The highest BCUT2D eigenvalue weighted by Gasteiger charge is 2.26. The first-order valence-electron chi connectivity index (χ1n) is 10.0. The van der Waals surface area contributed by atoms with Crippen molar-refractivity contribution < 1.29 is 13.2 Å². The Bertz CT molecular complexity index is 942. The third kappa shape index (κ3) is 5.56. The van der Waals surface area contributed by atoms with Crippen molar-refractivity contribution in [3.8, 4) is 0 Å². The Kier molecular flexibility index (Phi) is 6.57. The van der Waals surface area contributed by atoms with Gasteiger partial charge in [-0.3, -0.25) is 4.79 Å². The first kappa shape index (κ1) is 21.3. The number of carbonyl (C=O) groups excluding carboxylic acids is 1. The average Bonchev–Trinajstić information content (AvgIpc) is 2.67. The molecule has 1 aromatic carbocycles. The second kappa shape index (κ2) is 8.95. The maximum Gasteiger partial charge on any atom is 0.255 e. The molecule has 1 saturated heterocycles. The lowest BCUT2D eigenvalue weighted by molar-refractivity contribution is 0.0770. The Labute approximate surface area is 173 Å². The van der Waals surface area contributed by atoms with Crippen molar-refractivity contribution in [2.24, 2.45) is 5.92 Å². The number of carbonyl (C=O) groups is 1. The molecule has 0 radical (unpaired) electrons. The van der Waals surface area contributed by atoms with Crippen LogP contribution in [-0.2, 0) is 9.84 Å². The summed E-state index contributed by atoms with van der Waals surface area (Å²) in [4.78, 5) is 18.7. The van der Waals surface area contributed by atoms with E-state index in [1.165, 1.54) is 11.1 Å². The maximum atomic E-state index is 12.6. The van der Waals surface area contributed by atoms with Gasteiger partial charge in [0.15, 0.2) is 9.84 Å². The lowest BCUT2D eigenvalue weighted by Crippen LogP contribution is -2.43. The summed E-state index contributed by atoms with van der Waals surface area (Å²) in [6.07, 6.45) is 2.54. The summed E-state index contributed by atoms with van der Waals surface area (Å²) >= 11 is 0. The molecule has 2 heterocycles. The van der Waals surface area contributed by atoms with Gasteiger partial charge in [0.25, 0.3) is 5.91 Å². The smallest absolute Gasteiger partial charge is 0.255 e. The van der Waals surface area contributed by atoms with Crippen molar-refractivity contribution >= 4 is 21.6 Å². The van der Waals surface area contributed by atoms with E-state index in [1.807, 2.05) is 18.2 Å². The fourth-order valence-corrected chi connectivity index (χ4v) is 4.80. The van der Waals surface area contributed by atoms with Gasteiger partial charge in [0.05, 0.1) is 23.1 Å². The molecule has 1 aromatic heterocycles. The number of amides is 1. The average molecular weight is 416 g/mol. The molecule has 3 rings (SSSR count). The number of hydrogen-bond acceptors (Lipinski definition) is 5. The van der Waals surface area contributed by atoms with Gasteiger partial charge in [-0.1, -0.05) is 38.1 Å². The van der Waals surface area contributed by atoms with Gasteiger partial charge in [0.2, 0.25) is 0 Å². The van der Waals surface area contributed by atoms with Crippen LogP contribution >= 0.6 is 0 Å². The molecule has 2 aromatic rings. The molecule has 1 aliphatic heterocycles. The van der Waals surface area contributed by atoms with Gasteiger partial charge in [0.1, 0.15) is 5.82 Å². The van der Waals surface area contributed by atoms with Gasteiger partial charge in [-0.2, -0.15) is 0 Å². The first-order chi connectivity index (χ1) is 13.7. The minimum absolute atomic E-state index is 0.0269. The summed E-state index contributed by atoms with van der Waals surface area (Å²) in [5, 5.41) is 3.51. The number of nitrogens with zero attached hydrogens (tertiary/aromatic N) is 2.